The zero-order chi connectivity index (χ0) is 17.4. The quantitative estimate of drug-likeness (QED) is 0.431. The third-order valence-electron chi connectivity index (χ3n) is 2.46. The Bertz CT molecular complexity index is 582. The van der Waals surface area contributed by atoms with Gasteiger partial charge in [-0.3, -0.25) is 4.79 Å². The normalized spacial score (nSPS) is 10.2. The number of hydrogen-bond donors (Lipinski definition) is 2. The van der Waals surface area contributed by atoms with Gasteiger partial charge >= 0.3 is 12.1 Å². The fourth-order valence-electron chi connectivity index (χ4n) is 1.50. The van der Waals surface area contributed by atoms with Crippen LogP contribution in [0.3, 0.4) is 0 Å². The van der Waals surface area contributed by atoms with Gasteiger partial charge in [-0.15, -0.1) is 22.9 Å². The standard InChI is InChI=1S/C12H14Cl2N2O5S2/c1-21-10(17)9-6-7(14)8(23-9)2-4-16(15-11(18)19)12(20)22-5-3-13/h6,15H,2-5H2,1H3,(H,18,19). The molecule has 0 aliphatic rings. The zero-order valence-corrected chi connectivity index (χ0v) is 15.2. The Morgan fingerprint density at radius 2 is 2.17 bits per heavy atom. The van der Waals surface area contributed by atoms with Gasteiger partial charge in [0.2, 0.25) is 0 Å². The van der Waals surface area contributed by atoms with Gasteiger partial charge in [-0.25, -0.2) is 20.0 Å². The largest absolute Gasteiger partial charge is 0.465 e. The van der Waals surface area contributed by atoms with Gasteiger partial charge < -0.3 is 9.84 Å². The van der Waals surface area contributed by atoms with E-state index < -0.39 is 17.3 Å². The summed E-state index contributed by atoms with van der Waals surface area (Å²) in [5.41, 5.74) is 2.03. The molecule has 0 saturated heterocycles. The Hall–Kier alpha value is -1.16. The van der Waals surface area contributed by atoms with Gasteiger partial charge in [0, 0.05) is 29.5 Å². The van der Waals surface area contributed by atoms with Crippen LogP contribution in [-0.2, 0) is 11.2 Å². The second-order valence-corrected chi connectivity index (χ2v) is 6.96. The van der Waals surface area contributed by atoms with Crippen molar-refractivity contribution in [3.63, 3.8) is 0 Å². The van der Waals surface area contributed by atoms with Gasteiger partial charge in [-0.1, -0.05) is 23.4 Å². The Morgan fingerprint density at radius 3 is 2.74 bits per heavy atom. The Balaban J connectivity index is 2.73. The lowest BCUT2D eigenvalue weighted by Crippen LogP contribution is -2.45. The minimum atomic E-state index is -1.35. The summed E-state index contributed by atoms with van der Waals surface area (Å²) in [5, 5.41) is 9.66. The first-order chi connectivity index (χ1) is 10.9. The third kappa shape index (κ3) is 6.46. The summed E-state index contributed by atoms with van der Waals surface area (Å²) in [6.07, 6.45) is -1.06. The van der Waals surface area contributed by atoms with Crippen molar-refractivity contribution in [3.8, 4) is 0 Å². The molecule has 0 aromatic carbocycles. The lowest BCUT2D eigenvalue weighted by atomic mass is 10.3. The number of halogens is 2. The van der Waals surface area contributed by atoms with E-state index in [0.29, 0.717) is 20.5 Å². The van der Waals surface area contributed by atoms with Crippen molar-refractivity contribution >= 4 is 63.6 Å². The zero-order valence-electron chi connectivity index (χ0n) is 12.0. The third-order valence-corrected chi connectivity index (χ3v) is 5.37. The highest BCUT2D eigenvalue weighted by Crippen LogP contribution is 2.28. The average Bonchev–Trinajstić information content (AvgIpc) is 2.88. The van der Waals surface area contributed by atoms with Crippen LogP contribution in [0.15, 0.2) is 6.07 Å². The molecule has 0 unspecified atom stereocenters. The number of hydrogen-bond acceptors (Lipinski definition) is 6. The molecule has 0 fully saturated rings. The maximum absolute atomic E-state index is 11.9. The number of hydrazine groups is 1. The molecule has 0 saturated carbocycles. The van der Waals surface area contributed by atoms with E-state index in [1.165, 1.54) is 13.2 Å². The first kappa shape index (κ1) is 19.9. The summed E-state index contributed by atoms with van der Waals surface area (Å²) in [6.45, 7) is 0.0707. The Morgan fingerprint density at radius 1 is 1.48 bits per heavy atom. The number of esters is 1. The number of rotatable bonds is 6. The topological polar surface area (TPSA) is 95.9 Å². The minimum absolute atomic E-state index is 0.0707. The second kappa shape index (κ2) is 9.86. The van der Waals surface area contributed by atoms with Crippen LogP contribution in [0, 0.1) is 0 Å². The number of methoxy groups -OCH3 is 1. The number of thiophene rings is 1. The summed E-state index contributed by atoms with van der Waals surface area (Å²) >= 11 is 13.6. The van der Waals surface area contributed by atoms with E-state index in [0.717, 1.165) is 28.1 Å². The van der Waals surface area contributed by atoms with Crippen molar-refractivity contribution in [2.24, 2.45) is 0 Å². The molecule has 2 amide bonds. The molecule has 128 valence electrons. The molecule has 7 nitrogen and oxygen atoms in total. The number of carbonyl (C=O) groups excluding carboxylic acids is 2. The minimum Gasteiger partial charge on any atom is -0.465 e. The fourth-order valence-corrected chi connectivity index (χ4v) is 3.62. The van der Waals surface area contributed by atoms with Crippen molar-refractivity contribution < 1.29 is 24.2 Å². The molecule has 2 N–H and O–H groups in total. The summed E-state index contributed by atoms with van der Waals surface area (Å²) in [7, 11) is 1.26. The van der Waals surface area contributed by atoms with E-state index in [1.807, 2.05) is 5.43 Å². The first-order valence-corrected chi connectivity index (χ1v) is 8.96. The number of carbonyl (C=O) groups is 3. The van der Waals surface area contributed by atoms with Gasteiger partial charge in [-0.05, 0) is 6.07 Å². The molecule has 0 spiro atoms. The van der Waals surface area contributed by atoms with Gasteiger partial charge in [0.25, 0.3) is 5.24 Å². The van der Waals surface area contributed by atoms with Crippen molar-refractivity contribution in [2.75, 3.05) is 25.3 Å². The van der Waals surface area contributed by atoms with Crippen LogP contribution >= 0.6 is 46.3 Å². The van der Waals surface area contributed by atoms with E-state index in [-0.39, 0.29) is 18.8 Å². The molecule has 1 rings (SSSR count). The average molecular weight is 401 g/mol. The SMILES string of the molecule is COC(=O)c1cc(Cl)c(CCN(NC(=O)O)C(=O)SCCCl)s1. The van der Waals surface area contributed by atoms with Crippen LogP contribution in [-0.4, -0.2) is 52.7 Å². The highest BCUT2D eigenvalue weighted by Gasteiger charge is 2.19. The predicted octanol–water partition coefficient (Wildman–Crippen LogP) is 3.31. The molecule has 1 aromatic rings. The van der Waals surface area contributed by atoms with Gasteiger partial charge in [0.15, 0.2) is 0 Å². The summed E-state index contributed by atoms with van der Waals surface area (Å²) in [6, 6.07) is 1.48. The number of thioether (sulfide) groups is 1. The number of nitrogens with zero attached hydrogens (tertiary/aromatic N) is 1. The highest BCUT2D eigenvalue weighted by atomic mass is 35.5. The van der Waals surface area contributed by atoms with E-state index >= 15 is 0 Å². The molecular formula is C12H14Cl2N2O5S2. The maximum Gasteiger partial charge on any atom is 0.423 e. The number of nitrogens with one attached hydrogen (secondary N) is 1. The summed E-state index contributed by atoms with van der Waals surface area (Å²) in [5.74, 6) is 0.137. The van der Waals surface area contributed by atoms with Gasteiger partial charge in [0.05, 0.1) is 12.1 Å². The van der Waals surface area contributed by atoms with Crippen LogP contribution < -0.4 is 5.43 Å². The van der Waals surface area contributed by atoms with Crippen molar-refractivity contribution in [1.82, 2.24) is 10.4 Å². The fraction of sp³-hybridized carbons (Fsp3) is 0.417. The molecule has 0 aliphatic carbocycles. The van der Waals surface area contributed by atoms with Crippen LogP contribution in [0.4, 0.5) is 9.59 Å². The first-order valence-electron chi connectivity index (χ1n) is 6.25. The van der Waals surface area contributed by atoms with E-state index in [9.17, 15) is 14.4 Å². The van der Waals surface area contributed by atoms with Crippen molar-refractivity contribution in [1.29, 1.82) is 0 Å². The number of carboxylic acid groups (broad SMARTS) is 1. The van der Waals surface area contributed by atoms with E-state index in [2.05, 4.69) is 4.74 Å². The summed E-state index contributed by atoms with van der Waals surface area (Å²) < 4.78 is 4.61. The van der Waals surface area contributed by atoms with Crippen LogP contribution in [0.2, 0.25) is 5.02 Å². The lowest BCUT2D eigenvalue weighted by molar-refractivity contribution is 0.0606. The van der Waals surface area contributed by atoms with Crippen molar-refractivity contribution in [3.05, 3.63) is 20.8 Å². The molecule has 0 bridgehead atoms. The van der Waals surface area contributed by atoms with Gasteiger partial charge in [-0.2, -0.15) is 0 Å². The van der Waals surface area contributed by atoms with Gasteiger partial charge in [0.1, 0.15) is 4.88 Å². The summed E-state index contributed by atoms with van der Waals surface area (Å²) in [4.78, 5) is 35.1. The monoisotopic (exact) mass is 400 g/mol. The molecule has 11 heteroatoms. The number of ether oxygens (including phenoxy) is 1. The number of alkyl halides is 1. The van der Waals surface area contributed by atoms with Crippen LogP contribution in [0.25, 0.3) is 0 Å². The molecule has 0 radical (unpaired) electrons. The number of amides is 2. The molecular weight excluding hydrogens is 387 g/mol. The van der Waals surface area contributed by atoms with E-state index in [1.54, 1.807) is 0 Å². The molecule has 0 aliphatic heterocycles. The maximum atomic E-state index is 11.9. The van der Waals surface area contributed by atoms with Crippen molar-refractivity contribution in [2.45, 2.75) is 6.42 Å². The Labute approximate surface area is 150 Å². The smallest absolute Gasteiger partial charge is 0.423 e. The Kier molecular flexibility index (Phi) is 8.53. The van der Waals surface area contributed by atoms with Crippen LogP contribution in [0.1, 0.15) is 14.5 Å². The molecule has 0 atom stereocenters. The lowest BCUT2D eigenvalue weighted by Gasteiger charge is -2.20. The molecule has 23 heavy (non-hydrogen) atoms. The molecule has 1 aromatic heterocycles. The van der Waals surface area contributed by atoms with E-state index in [4.69, 9.17) is 28.3 Å². The molecule has 1 heterocycles. The predicted molar refractivity (Wildman–Crippen MR) is 90.8 cm³/mol. The highest BCUT2D eigenvalue weighted by molar-refractivity contribution is 8.13. The second-order valence-electron chi connectivity index (χ2n) is 4.00. The van der Waals surface area contributed by atoms with Crippen LogP contribution in [0.5, 0.6) is 0 Å².